The van der Waals surface area contributed by atoms with Crippen molar-refractivity contribution in [3.63, 3.8) is 0 Å². The van der Waals surface area contributed by atoms with Crippen molar-refractivity contribution in [1.82, 2.24) is 0 Å². The molecular formula is C14H28O2S. The van der Waals surface area contributed by atoms with Gasteiger partial charge in [-0.05, 0) is 18.2 Å². The molecule has 0 atom stereocenters. The fourth-order valence-corrected chi connectivity index (χ4v) is 2.44. The van der Waals surface area contributed by atoms with Crippen LogP contribution in [0.5, 0.6) is 0 Å². The molecule has 0 rings (SSSR count). The van der Waals surface area contributed by atoms with Crippen LogP contribution in [-0.2, 0) is 4.74 Å². The maximum Gasteiger partial charge on any atom is 0.367 e. The zero-order valence-corrected chi connectivity index (χ0v) is 12.3. The lowest BCUT2D eigenvalue weighted by Crippen LogP contribution is -1.92. The first-order valence-corrected chi connectivity index (χ1v) is 8.00. The smallest absolute Gasteiger partial charge is 0.367 e. The van der Waals surface area contributed by atoms with Crippen LogP contribution in [0.3, 0.4) is 0 Å². The Morgan fingerprint density at radius 2 is 1.35 bits per heavy atom. The van der Waals surface area contributed by atoms with Crippen LogP contribution < -0.4 is 0 Å². The highest BCUT2D eigenvalue weighted by molar-refractivity contribution is 8.13. The molecule has 0 aliphatic carbocycles. The fraction of sp³-hybridized carbons (Fsp3) is 0.929. The summed E-state index contributed by atoms with van der Waals surface area (Å²) in [6.07, 6.45) is 13.4. The standard InChI is InChI=1S/C14H28O2S/c1-3-4-5-6-7-8-9-10-11-12-13-17-14(15)16-2/h3-13H2,1-2H3. The van der Waals surface area contributed by atoms with E-state index >= 15 is 0 Å². The monoisotopic (exact) mass is 260 g/mol. The summed E-state index contributed by atoms with van der Waals surface area (Å²) in [6, 6.07) is 0. The Kier molecular flexibility index (Phi) is 13.7. The van der Waals surface area contributed by atoms with Gasteiger partial charge in [0.1, 0.15) is 0 Å². The second kappa shape index (κ2) is 13.9. The van der Waals surface area contributed by atoms with Crippen LogP contribution in [-0.4, -0.2) is 18.2 Å². The molecule has 0 aromatic carbocycles. The summed E-state index contributed by atoms with van der Waals surface area (Å²) in [4.78, 5) is 10.8. The summed E-state index contributed by atoms with van der Waals surface area (Å²) in [5.74, 6) is 0.906. The van der Waals surface area contributed by atoms with Crippen molar-refractivity contribution in [2.75, 3.05) is 12.9 Å². The third kappa shape index (κ3) is 13.8. The van der Waals surface area contributed by atoms with Crippen LogP contribution in [0.4, 0.5) is 4.79 Å². The molecule has 0 amide bonds. The molecule has 0 saturated carbocycles. The summed E-state index contributed by atoms with van der Waals surface area (Å²) < 4.78 is 4.57. The molecule has 2 nitrogen and oxygen atoms in total. The predicted molar refractivity (Wildman–Crippen MR) is 76.7 cm³/mol. The van der Waals surface area contributed by atoms with E-state index in [9.17, 15) is 4.79 Å². The van der Waals surface area contributed by atoms with Crippen LogP contribution in [0.2, 0.25) is 0 Å². The van der Waals surface area contributed by atoms with Gasteiger partial charge in [0.05, 0.1) is 7.11 Å². The first-order chi connectivity index (χ1) is 8.31. The topological polar surface area (TPSA) is 26.3 Å². The summed E-state index contributed by atoms with van der Waals surface area (Å²) in [6.45, 7) is 2.26. The Bertz CT molecular complexity index is 172. The van der Waals surface area contributed by atoms with Crippen LogP contribution in [0.1, 0.15) is 71.1 Å². The molecule has 0 aliphatic heterocycles. The van der Waals surface area contributed by atoms with E-state index in [0.717, 1.165) is 12.2 Å². The number of rotatable bonds is 11. The molecular weight excluding hydrogens is 232 g/mol. The Morgan fingerprint density at radius 3 is 1.82 bits per heavy atom. The molecule has 102 valence electrons. The van der Waals surface area contributed by atoms with Gasteiger partial charge in [-0.2, -0.15) is 0 Å². The SMILES string of the molecule is CCCCCCCCCCCCSC(=O)OC. The molecule has 0 aromatic rings. The van der Waals surface area contributed by atoms with Gasteiger partial charge in [-0.1, -0.05) is 64.7 Å². The van der Waals surface area contributed by atoms with Crippen molar-refractivity contribution in [2.45, 2.75) is 71.1 Å². The number of hydrogen-bond acceptors (Lipinski definition) is 3. The lowest BCUT2D eigenvalue weighted by molar-refractivity contribution is 0.200. The molecule has 0 unspecified atom stereocenters. The van der Waals surface area contributed by atoms with Crippen molar-refractivity contribution in [3.05, 3.63) is 0 Å². The minimum absolute atomic E-state index is 0.152. The molecule has 0 aliphatic rings. The number of methoxy groups -OCH3 is 1. The first-order valence-electron chi connectivity index (χ1n) is 7.02. The summed E-state index contributed by atoms with van der Waals surface area (Å²) in [5, 5.41) is -0.152. The molecule has 0 saturated heterocycles. The van der Waals surface area contributed by atoms with Crippen molar-refractivity contribution in [1.29, 1.82) is 0 Å². The summed E-state index contributed by atoms with van der Waals surface area (Å²) >= 11 is 1.29. The number of carbonyl (C=O) groups excluding carboxylic acids is 1. The molecule has 3 heteroatoms. The van der Waals surface area contributed by atoms with E-state index in [1.807, 2.05) is 0 Å². The van der Waals surface area contributed by atoms with Gasteiger partial charge in [0.25, 0.3) is 0 Å². The summed E-state index contributed by atoms with van der Waals surface area (Å²) in [5.41, 5.74) is 0. The minimum Gasteiger partial charge on any atom is -0.461 e. The van der Waals surface area contributed by atoms with Gasteiger partial charge in [0, 0.05) is 5.75 Å². The van der Waals surface area contributed by atoms with E-state index in [1.165, 1.54) is 76.7 Å². The molecule has 0 radical (unpaired) electrons. The molecule has 0 spiro atoms. The molecule has 0 aromatic heterocycles. The van der Waals surface area contributed by atoms with Gasteiger partial charge in [-0.25, -0.2) is 4.79 Å². The van der Waals surface area contributed by atoms with Gasteiger partial charge in [0.15, 0.2) is 0 Å². The normalized spacial score (nSPS) is 10.5. The Balaban J connectivity index is 2.96. The zero-order chi connectivity index (χ0) is 12.8. The number of unbranched alkanes of at least 4 members (excludes halogenated alkanes) is 9. The van der Waals surface area contributed by atoms with E-state index in [1.54, 1.807) is 0 Å². The van der Waals surface area contributed by atoms with Crippen LogP contribution in [0, 0.1) is 0 Å². The number of ether oxygens (including phenoxy) is 1. The van der Waals surface area contributed by atoms with E-state index in [4.69, 9.17) is 0 Å². The van der Waals surface area contributed by atoms with Crippen LogP contribution in [0.25, 0.3) is 0 Å². The molecule has 0 fully saturated rings. The van der Waals surface area contributed by atoms with Gasteiger partial charge >= 0.3 is 5.30 Å². The third-order valence-electron chi connectivity index (χ3n) is 2.88. The maximum absolute atomic E-state index is 10.8. The van der Waals surface area contributed by atoms with E-state index in [-0.39, 0.29) is 5.30 Å². The fourth-order valence-electron chi connectivity index (χ4n) is 1.80. The molecule has 0 bridgehead atoms. The molecule has 17 heavy (non-hydrogen) atoms. The Hall–Kier alpha value is -0.180. The molecule has 0 N–H and O–H groups in total. The van der Waals surface area contributed by atoms with E-state index < -0.39 is 0 Å². The lowest BCUT2D eigenvalue weighted by atomic mass is 10.1. The third-order valence-corrected chi connectivity index (χ3v) is 3.78. The van der Waals surface area contributed by atoms with Crippen molar-refractivity contribution in [3.8, 4) is 0 Å². The number of carbonyl (C=O) groups is 1. The Morgan fingerprint density at radius 1 is 0.882 bits per heavy atom. The van der Waals surface area contributed by atoms with Crippen LogP contribution >= 0.6 is 11.8 Å². The largest absolute Gasteiger partial charge is 0.461 e. The summed E-state index contributed by atoms with van der Waals surface area (Å²) in [7, 11) is 1.44. The minimum atomic E-state index is -0.152. The van der Waals surface area contributed by atoms with Gasteiger partial charge in [-0.3, -0.25) is 0 Å². The maximum atomic E-state index is 10.8. The van der Waals surface area contributed by atoms with Crippen molar-refractivity contribution < 1.29 is 9.53 Å². The van der Waals surface area contributed by atoms with Crippen molar-refractivity contribution >= 4 is 17.1 Å². The van der Waals surface area contributed by atoms with E-state index in [2.05, 4.69) is 11.7 Å². The van der Waals surface area contributed by atoms with Gasteiger partial charge in [0.2, 0.25) is 0 Å². The average molecular weight is 260 g/mol. The highest BCUT2D eigenvalue weighted by Gasteiger charge is 1.99. The Labute approximate surface area is 111 Å². The quantitative estimate of drug-likeness (QED) is 0.367. The van der Waals surface area contributed by atoms with Crippen molar-refractivity contribution in [2.24, 2.45) is 0 Å². The molecule has 0 heterocycles. The number of thioether (sulfide) groups is 1. The van der Waals surface area contributed by atoms with Gasteiger partial charge in [-0.15, -0.1) is 0 Å². The highest BCUT2D eigenvalue weighted by atomic mass is 32.2. The second-order valence-electron chi connectivity index (χ2n) is 4.48. The van der Waals surface area contributed by atoms with Gasteiger partial charge < -0.3 is 4.74 Å². The lowest BCUT2D eigenvalue weighted by Gasteiger charge is -2.02. The average Bonchev–Trinajstić information content (AvgIpc) is 2.35. The first kappa shape index (κ1) is 16.8. The number of hydrogen-bond donors (Lipinski definition) is 0. The second-order valence-corrected chi connectivity index (χ2v) is 5.51. The van der Waals surface area contributed by atoms with Crippen LogP contribution in [0.15, 0.2) is 0 Å². The predicted octanol–water partition coefficient (Wildman–Crippen LogP) is 5.41. The zero-order valence-electron chi connectivity index (χ0n) is 11.5. The highest BCUT2D eigenvalue weighted by Crippen LogP contribution is 2.13. The van der Waals surface area contributed by atoms with E-state index in [0.29, 0.717) is 0 Å².